The molecule has 0 aromatic carbocycles. The van der Waals surface area contributed by atoms with Gasteiger partial charge in [-0.25, -0.2) is 4.57 Å². The number of phosphoric ester groups is 1. The van der Waals surface area contributed by atoms with E-state index < -0.39 is 20.0 Å². The molecule has 3 N–H and O–H groups in total. The number of nitrogens with zero attached hydrogens (tertiary/aromatic N) is 1. The molecule has 8 nitrogen and oxygen atoms in total. The maximum Gasteiger partial charge on any atom is 0.472 e. The van der Waals surface area contributed by atoms with Gasteiger partial charge in [0.2, 0.25) is 5.91 Å². The largest absolute Gasteiger partial charge is 0.472 e. The van der Waals surface area contributed by atoms with Gasteiger partial charge in [0, 0.05) is 6.42 Å². The molecule has 0 bridgehead atoms. The summed E-state index contributed by atoms with van der Waals surface area (Å²) in [5.41, 5.74) is 0. The number of amides is 1. The van der Waals surface area contributed by atoms with Crippen LogP contribution >= 0.6 is 7.82 Å². The van der Waals surface area contributed by atoms with Crippen molar-refractivity contribution in [2.24, 2.45) is 0 Å². The SMILES string of the molecule is CC/C=C\C/C=C\C/C=C\C/C=C\C/C=C\C/C=C\C/C=C\C/C=C\CCCCCCCCCCCCC(=O)NC(COP(=O)(O)OCC[N+](C)(C)C)C(O)/C=C/CC/C=C/CCCCCCCCCCCCCCCCCCCCCCCCC. The van der Waals surface area contributed by atoms with Crippen LogP contribution in [0.5, 0.6) is 0 Å². The molecule has 0 rings (SSSR count). The average Bonchev–Trinajstić information content (AvgIpc) is 3.70. The van der Waals surface area contributed by atoms with Crippen molar-refractivity contribution in [2.45, 2.75) is 321 Å². The predicted molar refractivity (Wildman–Crippen MR) is 378 cm³/mol. The molecule has 0 fully saturated rings. The van der Waals surface area contributed by atoms with E-state index in [1.807, 2.05) is 27.2 Å². The van der Waals surface area contributed by atoms with Crippen LogP contribution in [-0.4, -0.2) is 73.4 Å². The van der Waals surface area contributed by atoms with Gasteiger partial charge in [-0.15, -0.1) is 0 Å². The molecule has 86 heavy (non-hydrogen) atoms. The summed E-state index contributed by atoms with van der Waals surface area (Å²) in [5, 5.41) is 14.0. The van der Waals surface area contributed by atoms with Crippen LogP contribution in [0, 0.1) is 0 Å². The molecule has 0 heterocycles. The Hall–Kier alpha value is -3.10. The van der Waals surface area contributed by atoms with E-state index >= 15 is 0 Å². The third-order valence-electron chi connectivity index (χ3n) is 15.7. The van der Waals surface area contributed by atoms with Crippen LogP contribution in [0.25, 0.3) is 0 Å². The van der Waals surface area contributed by atoms with Gasteiger partial charge in [0.25, 0.3) is 0 Å². The standard InChI is InChI=1S/C77H137N2O6P/c1-6-8-10-12-14-16-18-20-22-24-26-28-30-32-34-36-37-38-39-40-41-43-45-47-49-51-53-55-57-59-61-63-65-67-69-71-77(81)78-75(74-85-86(82,83)84-73-72-79(3,4)5)76(80)70-68-66-64-62-60-58-56-54-52-50-48-46-44-42-35-33-31-29-27-25-23-21-19-17-15-13-11-9-7-2/h8,10,14,16,20,22,26,28,32,34,37-38,40-41,45,47,60,62,68,70,75-76,80H,6-7,9,11-13,15,17-19,21,23-25,27,29-31,33,35-36,39,42-44,46,48-59,61,63-67,69,71-74H2,1-5H3,(H-,78,81,82,83)/p+1/b10-8-,16-14-,22-20-,28-26-,34-32-,38-37-,41-40-,47-45-,62-60+,70-68+. The fraction of sp³-hybridized carbons (Fsp3) is 0.727. The van der Waals surface area contributed by atoms with Crippen LogP contribution in [0.15, 0.2) is 122 Å². The number of hydrogen-bond acceptors (Lipinski definition) is 5. The topological polar surface area (TPSA) is 105 Å². The van der Waals surface area contributed by atoms with E-state index in [0.29, 0.717) is 17.4 Å². The van der Waals surface area contributed by atoms with E-state index in [9.17, 15) is 19.4 Å². The van der Waals surface area contributed by atoms with E-state index in [1.165, 1.54) is 193 Å². The van der Waals surface area contributed by atoms with E-state index in [0.717, 1.165) is 96.3 Å². The molecule has 3 unspecified atom stereocenters. The maximum absolute atomic E-state index is 13.1. The highest BCUT2D eigenvalue weighted by molar-refractivity contribution is 7.47. The van der Waals surface area contributed by atoms with Crippen LogP contribution in [0.4, 0.5) is 0 Å². The molecule has 0 radical (unpaired) electrons. The lowest BCUT2D eigenvalue weighted by Crippen LogP contribution is -2.45. The van der Waals surface area contributed by atoms with Gasteiger partial charge in [0.1, 0.15) is 13.2 Å². The van der Waals surface area contributed by atoms with Gasteiger partial charge < -0.3 is 19.8 Å². The number of carbonyl (C=O) groups excluding carboxylic acids is 1. The fourth-order valence-electron chi connectivity index (χ4n) is 10.1. The Balaban J connectivity index is 4.15. The van der Waals surface area contributed by atoms with E-state index in [-0.39, 0.29) is 19.1 Å². The maximum atomic E-state index is 13.1. The number of likely N-dealkylation sites (N-methyl/N-ethyl adjacent to an activating group) is 1. The Labute approximate surface area is 533 Å². The molecule has 1 amide bonds. The van der Waals surface area contributed by atoms with Gasteiger partial charge in [-0.1, -0.05) is 328 Å². The zero-order chi connectivity index (χ0) is 62.6. The number of quaternary nitrogens is 1. The minimum Gasteiger partial charge on any atom is -0.387 e. The van der Waals surface area contributed by atoms with Crippen molar-refractivity contribution in [2.75, 3.05) is 40.9 Å². The summed E-state index contributed by atoms with van der Waals surface area (Å²) in [6, 6.07) is -0.876. The molecule has 0 aliphatic carbocycles. The quantitative estimate of drug-likeness (QED) is 0.0243. The number of unbranched alkanes of at least 4 members (excludes halogenated alkanes) is 34. The number of allylic oxidation sites excluding steroid dienone is 19. The van der Waals surface area contributed by atoms with Crippen molar-refractivity contribution < 1.29 is 32.9 Å². The highest BCUT2D eigenvalue weighted by Gasteiger charge is 2.28. The van der Waals surface area contributed by atoms with E-state index in [2.05, 4.69) is 129 Å². The number of aliphatic hydroxyl groups excluding tert-OH is 1. The molecule has 0 saturated carbocycles. The molecule has 496 valence electrons. The van der Waals surface area contributed by atoms with Crippen molar-refractivity contribution in [3.05, 3.63) is 122 Å². The number of nitrogens with one attached hydrogen (secondary N) is 1. The number of carbonyl (C=O) groups is 1. The summed E-state index contributed by atoms with van der Waals surface area (Å²) in [4.78, 5) is 23.4. The van der Waals surface area contributed by atoms with E-state index in [1.54, 1.807) is 6.08 Å². The zero-order valence-corrected chi connectivity index (χ0v) is 57.7. The summed E-state index contributed by atoms with van der Waals surface area (Å²) < 4.78 is 23.8. The summed E-state index contributed by atoms with van der Waals surface area (Å²) in [7, 11) is 1.54. The van der Waals surface area contributed by atoms with Gasteiger partial charge >= 0.3 is 7.82 Å². The Kier molecular flexibility index (Phi) is 63.9. The third kappa shape index (κ3) is 68.4. The minimum absolute atomic E-state index is 0.0501. The summed E-state index contributed by atoms with van der Waals surface area (Å²) in [5.74, 6) is -0.193. The fourth-order valence-corrected chi connectivity index (χ4v) is 10.9. The zero-order valence-electron chi connectivity index (χ0n) is 56.8. The summed E-state index contributed by atoms with van der Waals surface area (Å²) in [6.07, 6.45) is 99.2. The van der Waals surface area contributed by atoms with Crippen LogP contribution < -0.4 is 5.32 Å². The lowest BCUT2D eigenvalue weighted by Gasteiger charge is -2.25. The second-order valence-electron chi connectivity index (χ2n) is 25.2. The highest BCUT2D eigenvalue weighted by atomic mass is 31.2. The molecule has 0 aliphatic heterocycles. The lowest BCUT2D eigenvalue weighted by molar-refractivity contribution is -0.870. The Bertz CT molecular complexity index is 1820. The smallest absolute Gasteiger partial charge is 0.387 e. The van der Waals surface area contributed by atoms with Crippen LogP contribution in [0.2, 0.25) is 0 Å². The predicted octanol–water partition coefficient (Wildman–Crippen LogP) is 23.2. The number of aliphatic hydroxyl groups is 1. The van der Waals surface area contributed by atoms with Gasteiger partial charge in [-0.05, 0) is 96.3 Å². The molecule has 3 atom stereocenters. The molecule has 0 aliphatic rings. The lowest BCUT2D eigenvalue weighted by atomic mass is 10.0. The van der Waals surface area contributed by atoms with Gasteiger partial charge in [-0.3, -0.25) is 13.8 Å². The molecular formula is C77H138N2O6P+. The van der Waals surface area contributed by atoms with Crippen molar-refractivity contribution in [1.82, 2.24) is 5.32 Å². The molecule has 9 heteroatoms. The summed E-state index contributed by atoms with van der Waals surface area (Å²) >= 11 is 0. The molecule has 0 spiro atoms. The van der Waals surface area contributed by atoms with E-state index in [4.69, 9.17) is 9.05 Å². The third-order valence-corrected chi connectivity index (χ3v) is 16.6. The van der Waals surface area contributed by atoms with Crippen LogP contribution in [-0.2, 0) is 18.4 Å². The van der Waals surface area contributed by atoms with Gasteiger partial charge in [-0.2, -0.15) is 0 Å². The second-order valence-corrected chi connectivity index (χ2v) is 26.7. The normalized spacial score (nSPS) is 14.4. The Morgan fingerprint density at radius 3 is 1.07 bits per heavy atom. The Morgan fingerprint density at radius 1 is 0.407 bits per heavy atom. The van der Waals surface area contributed by atoms with Gasteiger partial charge in [0.15, 0.2) is 0 Å². The number of hydrogen-bond donors (Lipinski definition) is 3. The molecular weight excluding hydrogens is 1080 g/mol. The number of rotatable bonds is 65. The first-order chi connectivity index (χ1) is 42.0. The first-order valence-electron chi connectivity index (χ1n) is 35.9. The Morgan fingerprint density at radius 2 is 0.709 bits per heavy atom. The molecule has 0 aromatic heterocycles. The van der Waals surface area contributed by atoms with Gasteiger partial charge in [0.05, 0.1) is 39.9 Å². The van der Waals surface area contributed by atoms with Crippen LogP contribution in [0.1, 0.15) is 309 Å². The first kappa shape index (κ1) is 82.9. The minimum atomic E-state index is -4.37. The van der Waals surface area contributed by atoms with Crippen LogP contribution in [0.3, 0.4) is 0 Å². The number of phosphoric acid groups is 1. The van der Waals surface area contributed by atoms with Crippen molar-refractivity contribution in [1.29, 1.82) is 0 Å². The molecule has 0 saturated heterocycles. The van der Waals surface area contributed by atoms with Crippen molar-refractivity contribution in [3.8, 4) is 0 Å². The highest BCUT2D eigenvalue weighted by Crippen LogP contribution is 2.43. The average molecular weight is 1220 g/mol. The monoisotopic (exact) mass is 1220 g/mol. The molecule has 0 aromatic rings. The first-order valence-corrected chi connectivity index (χ1v) is 37.4. The second kappa shape index (κ2) is 66.3. The van der Waals surface area contributed by atoms with Crippen molar-refractivity contribution >= 4 is 13.7 Å². The van der Waals surface area contributed by atoms with Crippen molar-refractivity contribution in [3.63, 3.8) is 0 Å². The summed E-state index contributed by atoms with van der Waals surface area (Å²) in [6.45, 7) is 4.70.